The van der Waals surface area contributed by atoms with Gasteiger partial charge < -0.3 is 20.3 Å². The minimum Gasteiger partial charge on any atom is -0.493 e. The van der Waals surface area contributed by atoms with Crippen molar-refractivity contribution in [2.45, 2.75) is 64.6 Å². The van der Waals surface area contributed by atoms with Gasteiger partial charge in [-0.15, -0.1) is 0 Å². The molecule has 0 aliphatic carbocycles. The van der Waals surface area contributed by atoms with Crippen molar-refractivity contribution >= 4 is 17.7 Å². The van der Waals surface area contributed by atoms with Gasteiger partial charge >= 0.3 is 0 Å². The van der Waals surface area contributed by atoms with Crippen molar-refractivity contribution in [2.24, 2.45) is 5.92 Å². The van der Waals surface area contributed by atoms with Gasteiger partial charge in [-0.2, -0.15) is 0 Å². The number of fused-ring (bicyclic) bond motifs is 4. The van der Waals surface area contributed by atoms with E-state index in [1.807, 2.05) is 26.0 Å². The third-order valence-electron chi connectivity index (χ3n) is 8.16. The molecule has 2 N–H and O–H groups in total. The van der Waals surface area contributed by atoms with Crippen LogP contribution in [0.5, 0.6) is 5.75 Å². The van der Waals surface area contributed by atoms with Crippen LogP contribution in [0.3, 0.4) is 0 Å². The molecule has 2 atom stereocenters. The molecule has 2 aromatic rings. The van der Waals surface area contributed by atoms with Crippen molar-refractivity contribution < 1.29 is 23.5 Å². The Hall–Kier alpha value is -3.46. The SMILES string of the molecule is CC(C)[C@@H]1CN(Cc2ccc3c(c2)CCO3)CC(=O)NCCCc2ccc(F)c(c2)C(=O)N2CCC[C@H]2C(=O)N1. The number of aryl methyl sites for hydroxylation is 1. The molecule has 3 amide bonds. The number of nitrogens with one attached hydrogen (secondary N) is 2. The van der Waals surface area contributed by atoms with E-state index in [0.29, 0.717) is 58.5 Å². The van der Waals surface area contributed by atoms with Crippen LogP contribution < -0.4 is 15.4 Å². The lowest BCUT2D eigenvalue weighted by Gasteiger charge is -2.32. The average Bonchev–Trinajstić information content (AvgIpc) is 3.60. The van der Waals surface area contributed by atoms with Crippen LogP contribution in [-0.4, -0.2) is 72.4 Å². The van der Waals surface area contributed by atoms with Crippen LogP contribution in [0.1, 0.15) is 60.2 Å². The Bertz CT molecular complexity index is 1270. The molecule has 0 unspecified atom stereocenters. The molecule has 1 fully saturated rings. The Morgan fingerprint density at radius 3 is 2.75 bits per heavy atom. The summed E-state index contributed by atoms with van der Waals surface area (Å²) in [6.45, 7) is 6.87. The van der Waals surface area contributed by atoms with Crippen molar-refractivity contribution in [3.63, 3.8) is 0 Å². The number of amides is 3. The Balaban J connectivity index is 1.40. The Morgan fingerprint density at radius 1 is 1.07 bits per heavy atom. The summed E-state index contributed by atoms with van der Waals surface area (Å²) in [5.41, 5.74) is 3.08. The molecular formula is C31H39FN4O4. The second kappa shape index (κ2) is 12.4. The Kier molecular flexibility index (Phi) is 8.69. The highest BCUT2D eigenvalue weighted by Crippen LogP contribution is 2.27. The standard InChI is InChI=1S/C31H39FN4O4/c1-20(2)26-18-35(17-22-8-10-28-23(15-22)11-14-40-28)19-29(37)33-12-3-5-21-7-9-25(32)24(16-21)31(39)36-13-4-6-27(36)30(38)34-26/h7-10,15-16,20,26-27H,3-6,11-14,17-19H2,1-2H3,(H,33,37)(H,34,38)/t26-,27-/m0/s1. The predicted octanol–water partition coefficient (Wildman–Crippen LogP) is 3.07. The fraction of sp³-hybridized carbons (Fsp3) is 0.516. The number of nitrogens with zero attached hydrogens (tertiary/aromatic N) is 2. The highest BCUT2D eigenvalue weighted by Gasteiger charge is 2.37. The first kappa shape index (κ1) is 28.1. The number of ether oxygens (including phenoxy) is 1. The fourth-order valence-electron chi connectivity index (χ4n) is 5.87. The molecule has 3 heterocycles. The van der Waals surface area contributed by atoms with Gasteiger partial charge in [0.1, 0.15) is 17.6 Å². The van der Waals surface area contributed by atoms with Crippen molar-refractivity contribution in [3.05, 3.63) is 64.5 Å². The van der Waals surface area contributed by atoms with E-state index in [4.69, 9.17) is 4.74 Å². The molecule has 2 aromatic carbocycles. The van der Waals surface area contributed by atoms with Crippen LogP contribution in [-0.2, 0) is 29.0 Å². The van der Waals surface area contributed by atoms with Crippen LogP contribution in [0.15, 0.2) is 36.4 Å². The van der Waals surface area contributed by atoms with E-state index in [0.717, 1.165) is 23.3 Å². The Morgan fingerprint density at radius 2 is 1.93 bits per heavy atom. The zero-order chi connectivity index (χ0) is 28.2. The quantitative estimate of drug-likeness (QED) is 0.613. The van der Waals surface area contributed by atoms with Gasteiger partial charge in [0.2, 0.25) is 11.8 Å². The van der Waals surface area contributed by atoms with E-state index in [1.165, 1.54) is 16.5 Å². The number of carbonyl (C=O) groups is 3. The van der Waals surface area contributed by atoms with Gasteiger partial charge in [-0.25, -0.2) is 4.39 Å². The van der Waals surface area contributed by atoms with E-state index < -0.39 is 17.8 Å². The van der Waals surface area contributed by atoms with Gasteiger partial charge in [-0.1, -0.05) is 32.0 Å². The summed E-state index contributed by atoms with van der Waals surface area (Å²) >= 11 is 0. The minimum absolute atomic E-state index is 0.00289. The maximum absolute atomic E-state index is 14.8. The van der Waals surface area contributed by atoms with Gasteiger partial charge in [0.25, 0.3) is 5.91 Å². The maximum atomic E-state index is 14.8. The average molecular weight is 551 g/mol. The number of hydrogen-bond donors (Lipinski definition) is 2. The molecule has 214 valence electrons. The van der Waals surface area contributed by atoms with Gasteiger partial charge in [0.15, 0.2) is 0 Å². The van der Waals surface area contributed by atoms with Gasteiger partial charge in [0.05, 0.1) is 18.7 Å². The zero-order valence-corrected chi connectivity index (χ0v) is 23.4. The van der Waals surface area contributed by atoms with Gasteiger partial charge in [-0.05, 0) is 66.5 Å². The molecule has 2 bridgehead atoms. The lowest BCUT2D eigenvalue weighted by Crippen LogP contribution is -2.53. The predicted molar refractivity (Wildman–Crippen MR) is 149 cm³/mol. The van der Waals surface area contributed by atoms with E-state index in [1.54, 1.807) is 12.1 Å². The smallest absolute Gasteiger partial charge is 0.257 e. The third-order valence-corrected chi connectivity index (χ3v) is 8.16. The first-order valence-electron chi connectivity index (χ1n) is 14.4. The molecular weight excluding hydrogens is 511 g/mol. The summed E-state index contributed by atoms with van der Waals surface area (Å²) < 4.78 is 20.4. The second-order valence-corrected chi connectivity index (χ2v) is 11.5. The lowest BCUT2D eigenvalue weighted by atomic mass is 10.0. The summed E-state index contributed by atoms with van der Waals surface area (Å²) in [5, 5.41) is 6.19. The summed E-state index contributed by atoms with van der Waals surface area (Å²) in [5.74, 6) is -0.343. The molecule has 1 saturated heterocycles. The molecule has 40 heavy (non-hydrogen) atoms. The minimum atomic E-state index is -0.652. The highest BCUT2D eigenvalue weighted by molar-refractivity contribution is 5.98. The number of rotatable bonds is 3. The third kappa shape index (κ3) is 6.46. The normalized spacial score (nSPS) is 22.8. The van der Waals surface area contributed by atoms with Crippen LogP contribution in [0, 0.1) is 11.7 Å². The van der Waals surface area contributed by atoms with Crippen LogP contribution in [0.2, 0.25) is 0 Å². The summed E-state index contributed by atoms with van der Waals surface area (Å²) in [6.07, 6.45) is 3.36. The summed E-state index contributed by atoms with van der Waals surface area (Å²) in [7, 11) is 0. The molecule has 8 nitrogen and oxygen atoms in total. The molecule has 0 saturated carbocycles. The molecule has 0 radical (unpaired) electrons. The van der Waals surface area contributed by atoms with Crippen molar-refractivity contribution in [1.29, 1.82) is 0 Å². The Labute approximate surface area is 235 Å². The molecule has 3 aliphatic rings. The van der Waals surface area contributed by atoms with Crippen LogP contribution in [0.25, 0.3) is 0 Å². The largest absolute Gasteiger partial charge is 0.493 e. The summed E-state index contributed by atoms with van der Waals surface area (Å²) in [4.78, 5) is 43.6. The van der Waals surface area contributed by atoms with E-state index in [9.17, 15) is 18.8 Å². The summed E-state index contributed by atoms with van der Waals surface area (Å²) in [6, 6.07) is 9.84. The molecule has 3 aliphatic heterocycles. The molecule has 0 aromatic heterocycles. The monoisotopic (exact) mass is 550 g/mol. The van der Waals surface area contributed by atoms with E-state index in [2.05, 4.69) is 21.6 Å². The maximum Gasteiger partial charge on any atom is 0.257 e. The highest BCUT2D eigenvalue weighted by atomic mass is 19.1. The van der Waals surface area contributed by atoms with Crippen molar-refractivity contribution in [2.75, 3.05) is 32.8 Å². The van der Waals surface area contributed by atoms with Gasteiger partial charge in [-0.3, -0.25) is 19.3 Å². The molecule has 0 spiro atoms. The van der Waals surface area contributed by atoms with E-state index >= 15 is 0 Å². The zero-order valence-electron chi connectivity index (χ0n) is 23.4. The van der Waals surface area contributed by atoms with Crippen LogP contribution >= 0.6 is 0 Å². The first-order chi connectivity index (χ1) is 19.3. The second-order valence-electron chi connectivity index (χ2n) is 11.5. The number of hydrogen-bond acceptors (Lipinski definition) is 5. The fourth-order valence-corrected chi connectivity index (χ4v) is 5.87. The first-order valence-corrected chi connectivity index (χ1v) is 14.4. The number of benzene rings is 2. The van der Waals surface area contributed by atoms with Crippen LogP contribution in [0.4, 0.5) is 4.39 Å². The number of halogens is 1. The molecule has 5 rings (SSSR count). The topological polar surface area (TPSA) is 91.0 Å². The van der Waals surface area contributed by atoms with Gasteiger partial charge in [0, 0.05) is 38.6 Å². The van der Waals surface area contributed by atoms with Crippen molar-refractivity contribution in [3.8, 4) is 5.75 Å². The molecule has 9 heteroatoms. The van der Waals surface area contributed by atoms with Crippen molar-refractivity contribution in [1.82, 2.24) is 20.4 Å². The number of carbonyl (C=O) groups excluding carboxylic acids is 3. The lowest BCUT2D eigenvalue weighted by molar-refractivity contribution is -0.126. The van der Waals surface area contributed by atoms with E-state index in [-0.39, 0.29) is 35.9 Å².